The highest BCUT2D eigenvalue weighted by Gasteiger charge is 2.24. The van der Waals surface area contributed by atoms with Gasteiger partial charge in [-0.3, -0.25) is 0 Å². The van der Waals surface area contributed by atoms with Gasteiger partial charge in [-0.2, -0.15) is 8.42 Å². The molecule has 0 saturated carbocycles. The molecule has 2 N–H and O–H groups in total. The van der Waals surface area contributed by atoms with Gasteiger partial charge in [0.2, 0.25) is 0 Å². The molecule has 2 aromatic rings. The van der Waals surface area contributed by atoms with Gasteiger partial charge in [-0.05, 0) is 25.1 Å². The van der Waals surface area contributed by atoms with Gasteiger partial charge in [0.25, 0.3) is 0 Å². The first-order chi connectivity index (χ1) is 10.3. The topological polar surface area (TPSA) is 101 Å². The van der Waals surface area contributed by atoms with E-state index in [4.69, 9.17) is 9.29 Å². The lowest BCUT2D eigenvalue weighted by Gasteiger charge is -2.13. The highest BCUT2D eigenvalue weighted by Crippen LogP contribution is 2.28. The highest BCUT2D eigenvalue weighted by molar-refractivity contribution is 7.87. The van der Waals surface area contributed by atoms with Gasteiger partial charge >= 0.3 is 16.1 Å². The second kappa shape index (κ2) is 6.17. The lowest BCUT2D eigenvalue weighted by molar-refractivity contribution is -0.147. The molecular formula is C15H14O6S. The summed E-state index contributed by atoms with van der Waals surface area (Å²) in [5.74, 6) is -1.72. The van der Waals surface area contributed by atoms with Crippen molar-refractivity contribution < 1.29 is 27.6 Å². The third kappa shape index (κ3) is 3.44. The minimum Gasteiger partial charge on any atom is -0.479 e. The van der Waals surface area contributed by atoms with Crippen LogP contribution in [0.1, 0.15) is 17.2 Å². The van der Waals surface area contributed by atoms with Crippen LogP contribution in [0.4, 0.5) is 0 Å². The van der Waals surface area contributed by atoms with Crippen molar-refractivity contribution in [2.75, 3.05) is 0 Å². The van der Waals surface area contributed by atoms with E-state index in [1.54, 1.807) is 12.1 Å². The van der Waals surface area contributed by atoms with Gasteiger partial charge in [-0.25, -0.2) is 4.79 Å². The smallest absolute Gasteiger partial charge is 0.339 e. The molecule has 7 heteroatoms. The Bertz CT molecular complexity index is 780. The molecule has 1 atom stereocenters. The Hall–Kier alpha value is -2.38. The number of hydrogen-bond acceptors (Lipinski definition) is 5. The van der Waals surface area contributed by atoms with E-state index < -0.39 is 22.2 Å². The van der Waals surface area contributed by atoms with Crippen molar-refractivity contribution in [2.24, 2.45) is 0 Å². The largest absolute Gasteiger partial charge is 0.479 e. The molecule has 0 amide bonds. The molecule has 0 radical (unpaired) electrons. The number of hydrogen-bond donors (Lipinski definition) is 2. The molecule has 116 valence electrons. The minimum atomic E-state index is -4.12. The van der Waals surface area contributed by atoms with Crippen molar-refractivity contribution in [1.29, 1.82) is 0 Å². The standard InChI is InChI=1S/C15H14O6S/c1-10-6-8-11(9-7-10)22(19,20)21-13-5-3-2-4-12(13)14(16)15(17)18/h2-9,14,16H,1H3,(H,17,18). The summed E-state index contributed by atoms with van der Waals surface area (Å²) in [6.45, 7) is 1.82. The Labute approximate surface area is 127 Å². The number of para-hydroxylation sites is 1. The molecular weight excluding hydrogens is 308 g/mol. The van der Waals surface area contributed by atoms with E-state index in [0.717, 1.165) is 5.56 Å². The third-order valence-corrected chi connectivity index (χ3v) is 4.21. The molecule has 22 heavy (non-hydrogen) atoms. The van der Waals surface area contributed by atoms with Crippen LogP contribution < -0.4 is 4.18 Å². The summed E-state index contributed by atoms with van der Waals surface area (Å²) in [6, 6.07) is 11.6. The Morgan fingerprint density at radius 1 is 1.09 bits per heavy atom. The van der Waals surface area contributed by atoms with Crippen molar-refractivity contribution in [3.8, 4) is 5.75 Å². The molecule has 0 fully saturated rings. The Balaban J connectivity index is 2.38. The lowest BCUT2D eigenvalue weighted by Crippen LogP contribution is -2.15. The van der Waals surface area contributed by atoms with Crippen LogP contribution in [0.15, 0.2) is 53.4 Å². The fourth-order valence-electron chi connectivity index (χ4n) is 1.79. The van der Waals surface area contributed by atoms with E-state index in [2.05, 4.69) is 0 Å². The first-order valence-corrected chi connectivity index (χ1v) is 7.73. The average molecular weight is 322 g/mol. The van der Waals surface area contributed by atoms with Gasteiger partial charge < -0.3 is 14.4 Å². The fraction of sp³-hybridized carbons (Fsp3) is 0.133. The van der Waals surface area contributed by atoms with E-state index in [0.29, 0.717) is 0 Å². The zero-order valence-electron chi connectivity index (χ0n) is 11.6. The van der Waals surface area contributed by atoms with Gasteiger partial charge in [0, 0.05) is 5.56 Å². The Kier molecular flexibility index (Phi) is 4.48. The average Bonchev–Trinajstić information content (AvgIpc) is 2.47. The van der Waals surface area contributed by atoms with E-state index in [1.807, 2.05) is 6.92 Å². The molecule has 0 bridgehead atoms. The maximum absolute atomic E-state index is 12.2. The number of benzene rings is 2. The predicted molar refractivity (Wildman–Crippen MR) is 78.0 cm³/mol. The normalized spacial score (nSPS) is 12.6. The van der Waals surface area contributed by atoms with Crippen molar-refractivity contribution in [3.05, 3.63) is 59.7 Å². The molecule has 0 aliphatic carbocycles. The van der Waals surface area contributed by atoms with Crippen LogP contribution in [0.3, 0.4) is 0 Å². The van der Waals surface area contributed by atoms with Crippen LogP contribution in [0, 0.1) is 6.92 Å². The van der Waals surface area contributed by atoms with E-state index >= 15 is 0 Å². The molecule has 2 aromatic carbocycles. The molecule has 0 spiro atoms. The van der Waals surface area contributed by atoms with E-state index in [1.165, 1.54) is 36.4 Å². The number of carboxylic acids is 1. The first kappa shape index (κ1) is 16.0. The minimum absolute atomic E-state index is 0.0577. The number of aliphatic hydroxyl groups is 1. The number of aliphatic hydroxyl groups excluding tert-OH is 1. The number of aryl methyl sites for hydroxylation is 1. The SMILES string of the molecule is Cc1ccc(S(=O)(=O)Oc2ccccc2C(O)C(=O)O)cc1. The maximum Gasteiger partial charge on any atom is 0.339 e. The second-order valence-electron chi connectivity index (χ2n) is 4.63. The second-order valence-corrected chi connectivity index (χ2v) is 6.18. The summed E-state index contributed by atoms with van der Waals surface area (Å²) < 4.78 is 29.4. The van der Waals surface area contributed by atoms with Gasteiger partial charge in [0.05, 0.1) is 0 Å². The molecule has 0 heterocycles. The summed E-state index contributed by atoms with van der Waals surface area (Å²) in [7, 11) is -4.12. The third-order valence-electron chi connectivity index (χ3n) is 2.96. The van der Waals surface area contributed by atoms with E-state index in [-0.39, 0.29) is 16.2 Å². The summed E-state index contributed by atoms with van der Waals surface area (Å²) >= 11 is 0. The van der Waals surface area contributed by atoms with Crippen LogP contribution in [0.2, 0.25) is 0 Å². The summed E-state index contributed by atoms with van der Waals surface area (Å²) in [5, 5.41) is 18.5. The van der Waals surface area contributed by atoms with Crippen LogP contribution in [0.5, 0.6) is 5.75 Å². The summed E-state index contributed by atoms with van der Waals surface area (Å²) in [5.41, 5.74) is 0.756. The summed E-state index contributed by atoms with van der Waals surface area (Å²) in [4.78, 5) is 10.8. The maximum atomic E-state index is 12.2. The van der Waals surface area contributed by atoms with Gasteiger partial charge in [0.1, 0.15) is 10.6 Å². The van der Waals surface area contributed by atoms with E-state index in [9.17, 15) is 18.3 Å². The first-order valence-electron chi connectivity index (χ1n) is 6.32. The predicted octanol–water partition coefficient (Wildman–Crippen LogP) is 1.88. The van der Waals surface area contributed by atoms with Crippen LogP contribution in [0.25, 0.3) is 0 Å². The fourth-order valence-corrected chi connectivity index (χ4v) is 2.74. The van der Waals surface area contributed by atoms with Gasteiger partial charge in [-0.15, -0.1) is 0 Å². The van der Waals surface area contributed by atoms with Crippen LogP contribution in [-0.4, -0.2) is 24.6 Å². The quantitative estimate of drug-likeness (QED) is 0.815. The molecule has 0 aliphatic rings. The van der Waals surface area contributed by atoms with Crippen LogP contribution >= 0.6 is 0 Å². The number of carboxylic acid groups (broad SMARTS) is 1. The van der Waals surface area contributed by atoms with Crippen molar-refractivity contribution >= 4 is 16.1 Å². The number of carbonyl (C=O) groups is 1. The lowest BCUT2D eigenvalue weighted by atomic mass is 10.1. The molecule has 0 saturated heterocycles. The monoisotopic (exact) mass is 322 g/mol. The zero-order valence-corrected chi connectivity index (χ0v) is 12.4. The van der Waals surface area contributed by atoms with Gasteiger partial charge in [0.15, 0.2) is 6.10 Å². The molecule has 6 nitrogen and oxygen atoms in total. The number of rotatable bonds is 5. The number of aliphatic carboxylic acids is 1. The van der Waals surface area contributed by atoms with Crippen molar-refractivity contribution in [2.45, 2.75) is 17.9 Å². The zero-order chi connectivity index (χ0) is 16.3. The van der Waals surface area contributed by atoms with Crippen molar-refractivity contribution in [1.82, 2.24) is 0 Å². The van der Waals surface area contributed by atoms with Crippen molar-refractivity contribution in [3.63, 3.8) is 0 Å². The molecule has 2 rings (SSSR count). The Morgan fingerprint density at radius 2 is 1.68 bits per heavy atom. The summed E-state index contributed by atoms with van der Waals surface area (Å²) in [6.07, 6.45) is -1.87. The highest BCUT2D eigenvalue weighted by atomic mass is 32.2. The van der Waals surface area contributed by atoms with Gasteiger partial charge in [-0.1, -0.05) is 35.9 Å². The molecule has 0 aromatic heterocycles. The molecule has 1 unspecified atom stereocenters. The Morgan fingerprint density at radius 3 is 2.27 bits per heavy atom. The molecule has 0 aliphatic heterocycles. The van der Waals surface area contributed by atoms with Crippen LogP contribution in [-0.2, 0) is 14.9 Å².